The summed E-state index contributed by atoms with van der Waals surface area (Å²) in [4.78, 5) is 27.7. The summed E-state index contributed by atoms with van der Waals surface area (Å²) in [6.07, 6.45) is 4.51. The van der Waals surface area contributed by atoms with Crippen LogP contribution in [0.1, 0.15) is 10.4 Å². The van der Waals surface area contributed by atoms with Crippen LogP contribution in [0.25, 0.3) is 5.65 Å². The van der Waals surface area contributed by atoms with E-state index in [9.17, 15) is 9.59 Å². The van der Waals surface area contributed by atoms with E-state index in [0.717, 1.165) is 0 Å². The smallest absolute Gasteiger partial charge is 0.339 e. The number of carbonyl (C=O) groups excluding carboxylic acids is 1. The minimum atomic E-state index is -0.502. The average molecular weight is 259 g/mol. The molecule has 0 saturated carbocycles. The Labute approximate surface area is 109 Å². The molecule has 1 N–H and O–H groups in total. The predicted molar refractivity (Wildman–Crippen MR) is 71.5 cm³/mol. The molecule has 0 amide bonds. The molecule has 0 unspecified atom stereocenters. The molecule has 6 nitrogen and oxygen atoms in total. The van der Waals surface area contributed by atoms with Crippen LogP contribution in [0.2, 0.25) is 0 Å². The third-order valence-electron chi connectivity index (χ3n) is 2.56. The molecular formula is C13H13N3O3. The highest BCUT2D eigenvalue weighted by atomic mass is 16.5. The lowest BCUT2D eigenvalue weighted by Gasteiger charge is -2.06. The molecule has 0 fully saturated rings. The molecule has 2 rings (SSSR count). The van der Waals surface area contributed by atoms with E-state index < -0.39 is 5.97 Å². The molecule has 0 aliphatic carbocycles. The Balaban J connectivity index is 2.55. The lowest BCUT2D eigenvalue weighted by atomic mass is 10.3. The number of ether oxygens (including phenoxy) is 1. The van der Waals surface area contributed by atoms with Crippen molar-refractivity contribution in [2.75, 3.05) is 19.0 Å². The van der Waals surface area contributed by atoms with E-state index in [0.29, 0.717) is 23.4 Å². The average Bonchev–Trinajstić information content (AvgIpc) is 2.45. The molecule has 0 saturated heterocycles. The summed E-state index contributed by atoms with van der Waals surface area (Å²) >= 11 is 0. The van der Waals surface area contributed by atoms with E-state index in [1.807, 2.05) is 0 Å². The Bertz CT molecular complexity index is 691. The summed E-state index contributed by atoms with van der Waals surface area (Å²) in [5.74, 6) is -0.502. The summed E-state index contributed by atoms with van der Waals surface area (Å²) in [6.45, 7) is 4.02. The van der Waals surface area contributed by atoms with E-state index in [1.165, 1.54) is 23.9 Å². The Morgan fingerprint density at radius 1 is 1.58 bits per heavy atom. The fraction of sp³-hybridized carbons (Fsp3) is 0.154. The summed E-state index contributed by atoms with van der Waals surface area (Å²) in [7, 11) is 1.29. The first-order valence-corrected chi connectivity index (χ1v) is 5.62. The van der Waals surface area contributed by atoms with E-state index >= 15 is 0 Å². The minimum absolute atomic E-state index is 0.280. The van der Waals surface area contributed by atoms with Gasteiger partial charge >= 0.3 is 5.97 Å². The van der Waals surface area contributed by atoms with Crippen molar-refractivity contribution in [3.05, 3.63) is 53.1 Å². The Hall–Kier alpha value is -2.63. The van der Waals surface area contributed by atoms with Crippen LogP contribution in [-0.4, -0.2) is 29.0 Å². The normalized spacial score (nSPS) is 10.2. The molecule has 0 radical (unpaired) electrons. The second kappa shape index (κ2) is 5.34. The molecule has 0 aliphatic heterocycles. The zero-order valence-electron chi connectivity index (χ0n) is 10.4. The van der Waals surface area contributed by atoms with Crippen molar-refractivity contribution < 1.29 is 9.53 Å². The molecular weight excluding hydrogens is 246 g/mol. The Morgan fingerprint density at radius 3 is 3.05 bits per heavy atom. The lowest BCUT2D eigenvalue weighted by molar-refractivity contribution is 0.0600. The molecule has 2 aromatic rings. The quantitative estimate of drug-likeness (QED) is 0.657. The monoisotopic (exact) mass is 259 g/mol. The predicted octanol–water partition coefficient (Wildman–Crippen LogP) is 1.08. The van der Waals surface area contributed by atoms with E-state index in [4.69, 9.17) is 0 Å². The van der Waals surface area contributed by atoms with E-state index in [-0.39, 0.29) is 5.56 Å². The summed E-state index contributed by atoms with van der Waals surface area (Å²) in [5, 5.41) is 2.89. The highest BCUT2D eigenvalue weighted by Gasteiger charge is 2.09. The first-order valence-electron chi connectivity index (χ1n) is 5.62. The van der Waals surface area contributed by atoms with Crippen molar-refractivity contribution >= 4 is 17.3 Å². The molecule has 2 aromatic heterocycles. The Kier molecular flexibility index (Phi) is 3.61. The van der Waals surface area contributed by atoms with Gasteiger partial charge in [-0.15, -0.1) is 6.58 Å². The Morgan fingerprint density at radius 2 is 2.37 bits per heavy atom. The number of nitrogens with one attached hydrogen (secondary N) is 1. The van der Waals surface area contributed by atoms with Crippen molar-refractivity contribution in [1.82, 2.24) is 9.38 Å². The van der Waals surface area contributed by atoms with Gasteiger partial charge in [-0.25, -0.2) is 9.78 Å². The van der Waals surface area contributed by atoms with E-state index in [2.05, 4.69) is 21.6 Å². The van der Waals surface area contributed by atoms with Crippen LogP contribution >= 0.6 is 0 Å². The van der Waals surface area contributed by atoms with Crippen LogP contribution < -0.4 is 10.9 Å². The highest BCUT2D eigenvalue weighted by molar-refractivity contribution is 5.89. The number of hydrogen-bond donors (Lipinski definition) is 1. The van der Waals surface area contributed by atoms with Crippen LogP contribution in [0.3, 0.4) is 0 Å². The van der Waals surface area contributed by atoms with Crippen molar-refractivity contribution in [2.24, 2.45) is 0 Å². The third-order valence-corrected chi connectivity index (χ3v) is 2.56. The number of anilines is 1. The summed E-state index contributed by atoms with van der Waals surface area (Å²) < 4.78 is 5.92. The molecule has 98 valence electrons. The fourth-order valence-electron chi connectivity index (χ4n) is 1.62. The number of pyridine rings is 1. The van der Waals surface area contributed by atoms with E-state index in [1.54, 1.807) is 18.2 Å². The zero-order valence-corrected chi connectivity index (χ0v) is 10.4. The van der Waals surface area contributed by atoms with Gasteiger partial charge in [0.2, 0.25) is 0 Å². The number of fused-ring (bicyclic) bond motifs is 1. The number of rotatable bonds is 4. The number of carbonyl (C=O) groups is 1. The van der Waals surface area contributed by atoms with Gasteiger partial charge < -0.3 is 10.1 Å². The molecule has 0 atom stereocenters. The maximum Gasteiger partial charge on any atom is 0.339 e. The molecule has 6 heteroatoms. The van der Waals surface area contributed by atoms with Crippen molar-refractivity contribution in [3.63, 3.8) is 0 Å². The van der Waals surface area contributed by atoms with Gasteiger partial charge in [0, 0.05) is 12.7 Å². The van der Waals surface area contributed by atoms with Gasteiger partial charge in [0.1, 0.15) is 11.3 Å². The maximum atomic E-state index is 12.2. The zero-order chi connectivity index (χ0) is 13.8. The molecule has 0 spiro atoms. The summed E-state index contributed by atoms with van der Waals surface area (Å²) in [5.41, 5.74) is 0.818. The van der Waals surface area contributed by atoms with Gasteiger partial charge in [0.05, 0.1) is 18.9 Å². The SMILES string of the molecule is C=CCNc1cnc2ccc(C(=O)OC)cn2c1=O. The first kappa shape index (κ1) is 12.8. The topological polar surface area (TPSA) is 72.7 Å². The molecule has 0 aliphatic rings. The van der Waals surface area contributed by atoms with Crippen molar-refractivity contribution in [2.45, 2.75) is 0 Å². The number of hydrogen-bond acceptors (Lipinski definition) is 5. The van der Waals surface area contributed by atoms with Gasteiger partial charge in [0.15, 0.2) is 0 Å². The van der Waals surface area contributed by atoms with Crippen LogP contribution in [0.4, 0.5) is 5.69 Å². The summed E-state index contributed by atoms with van der Waals surface area (Å²) in [6, 6.07) is 3.15. The van der Waals surface area contributed by atoms with Crippen molar-refractivity contribution in [1.29, 1.82) is 0 Å². The molecule has 0 aromatic carbocycles. The van der Waals surface area contributed by atoms with Crippen LogP contribution in [-0.2, 0) is 4.74 Å². The molecule has 2 heterocycles. The van der Waals surface area contributed by atoms with Gasteiger partial charge in [-0.2, -0.15) is 0 Å². The van der Waals surface area contributed by atoms with Crippen LogP contribution in [0.15, 0.2) is 42.0 Å². The number of nitrogens with zero attached hydrogens (tertiary/aromatic N) is 2. The number of methoxy groups -OCH3 is 1. The highest BCUT2D eigenvalue weighted by Crippen LogP contribution is 2.06. The van der Waals surface area contributed by atoms with Gasteiger partial charge in [0.25, 0.3) is 5.56 Å². The molecule has 0 bridgehead atoms. The van der Waals surface area contributed by atoms with Gasteiger partial charge in [-0.1, -0.05) is 6.08 Å². The van der Waals surface area contributed by atoms with Crippen molar-refractivity contribution in [3.8, 4) is 0 Å². The standard InChI is InChI=1S/C13H13N3O3/c1-3-6-14-10-7-15-11-5-4-9(13(18)19-2)8-16(11)12(10)17/h3-5,7-8,14H,1,6H2,2H3. The number of esters is 1. The minimum Gasteiger partial charge on any atom is -0.465 e. The fourth-order valence-corrected chi connectivity index (χ4v) is 1.62. The van der Waals surface area contributed by atoms with Crippen LogP contribution in [0.5, 0.6) is 0 Å². The number of aromatic nitrogens is 2. The second-order valence-corrected chi connectivity index (χ2v) is 3.78. The van der Waals surface area contributed by atoms with Gasteiger partial charge in [-0.05, 0) is 12.1 Å². The largest absolute Gasteiger partial charge is 0.465 e. The second-order valence-electron chi connectivity index (χ2n) is 3.78. The third kappa shape index (κ3) is 2.47. The first-order chi connectivity index (χ1) is 9.17. The molecule has 19 heavy (non-hydrogen) atoms. The van der Waals surface area contributed by atoms with Crippen LogP contribution in [0, 0.1) is 0 Å². The maximum absolute atomic E-state index is 12.2. The lowest BCUT2D eigenvalue weighted by Crippen LogP contribution is -2.20. The van der Waals surface area contributed by atoms with Gasteiger partial charge in [-0.3, -0.25) is 9.20 Å².